The topological polar surface area (TPSA) is 98.2 Å². The summed E-state index contributed by atoms with van der Waals surface area (Å²) in [6, 6.07) is 6.73. The Bertz CT molecular complexity index is 472. The van der Waals surface area contributed by atoms with E-state index >= 15 is 0 Å². The molecule has 1 atom stereocenters. The highest BCUT2D eigenvalue weighted by Gasteiger charge is 2.17. The van der Waals surface area contributed by atoms with Gasteiger partial charge in [0.2, 0.25) is 11.8 Å². The van der Waals surface area contributed by atoms with Crippen molar-refractivity contribution in [2.24, 2.45) is 11.7 Å². The van der Waals surface area contributed by atoms with Crippen LogP contribution in [0.1, 0.15) is 32.3 Å². The summed E-state index contributed by atoms with van der Waals surface area (Å²) in [5, 5.41) is 2.33. The number of rotatable bonds is 6. The van der Waals surface area contributed by atoms with Gasteiger partial charge in [-0.3, -0.25) is 14.9 Å². The first-order chi connectivity index (χ1) is 9.40. The predicted octanol–water partition coefficient (Wildman–Crippen LogP) is 1.22. The molecule has 0 aliphatic carbocycles. The van der Waals surface area contributed by atoms with E-state index in [4.69, 9.17) is 11.5 Å². The van der Waals surface area contributed by atoms with Crippen LogP contribution in [0.15, 0.2) is 24.3 Å². The van der Waals surface area contributed by atoms with Crippen LogP contribution in [-0.4, -0.2) is 17.9 Å². The number of hydrogen-bond donors (Lipinski definition) is 3. The molecule has 2 amide bonds. The standard InChI is InChI=1S/C15H23N3O2/c1-10(2)9-13(17)15(20)18-14(19)8-7-11-5-3-4-6-12(11)16/h3-6,10,13H,7-9,16-17H2,1-2H3,(H,18,19,20)/t13-/m0/s1. The van der Waals surface area contributed by atoms with Gasteiger partial charge in [0.15, 0.2) is 0 Å². The SMILES string of the molecule is CC(C)C[C@H](N)C(=O)NC(=O)CCc1ccccc1N. The Morgan fingerprint density at radius 3 is 2.50 bits per heavy atom. The van der Waals surface area contributed by atoms with Crippen LogP contribution in [0.2, 0.25) is 0 Å². The molecule has 0 spiro atoms. The van der Waals surface area contributed by atoms with Gasteiger partial charge in [0.05, 0.1) is 6.04 Å². The fourth-order valence-electron chi connectivity index (χ4n) is 1.92. The molecule has 5 N–H and O–H groups in total. The second kappa shape index (κ2) is 7.65. The van der Waals surface area contributed by atoms with Crippen molar-refractivity contribution in [3.63, 3.8) is 0 Å². The van der Waals surface area contributed by atoms with E-state index in [1.807, 2.05) is 32.0 Å². The normalized spacial score (nSPS) is 12.2. The largest absolute Gasteiger partial charge is 0.399 e. The lowest BCUT2D eigenvalue weighted by Crippen LogP contribution is -2.44. The summed E-state index contributed by atoms with van der Waals surface area (Å²) in [7, 11) is 0. The highest BCUT2D eigenvalue weighted by Crippen LogP contribution is 2.12. The van der Waals surface area contributed by atoms with Crippen molar-refractivity contribution in [3.05, 3.63) is 29.8 Å². The van der Waals surface area contributed by atoms with E-state index in [2.05, 4.69) is 5.32 Å². The van der Waals surface area contributed by atoms with Crippen LogP contribution in [0.3, 0.4) is 0 Å². The van der Waals surface area contributed by atoms with E-state index < -0.39 is 11.9 Å². The molecule has 0 aliphatic rings. The van der Waals surface area contributed by atoms with E-state index in [9.17, 15) is 9.59 Å². The van der Waals surface area contributed by atoms with Crippen molar-refractivity contribution in [3.8, 4) is 0 Å². The zero-order chi connectivity index (χ0) is 15.1. The first kappa shape index (κ1) is 16.2. The molecule has 0 fully saturated rings. The van der Waals surface area contributed by atoms with Gasteiger partial charge in [-0.05, 0) is 30.4 Å². The smallest absolute Gasteiger partial charge is 0.243 e. The number of para-hydroxylation sites is 1. The van der Waals surface area contributed by atoms with Gasteiger partial charge < -0.3 is 11.5 Å². The predicted molar refractivity (Wildman–Crippen MR) is 79.8 cm³/mol. The Balaban J connectivity index is 2.41. The Morgan fingerprint density at radius 1 is 1.25 bits per heavy atom. The van der Waals surface area contributed by atoms with Crippen molar-refractivity contribution in [2.75, 3.05) is 5.73 Å². The van der Waals surface area contributed by atoms with E-state index in [1.165, 1.54) is 0 Å². The van der Waals surface area contributed by atoms with Gasteiger partial charge >= 0.3 is 0 Å². The monoisotopic (exact) mass is 277 g/mol. The third-order valence-corrected chi connectivity index (χ3v) is 3.00. The van der Waals surface area contributed by atoms with E-state index in [-0.39, 0.29) is 12.3 Å². The summed E-state index contributed by atoms with van der Waals surface area (Å²) in [4.78, 5) is 23.4. The molecule has 1 rings (SSSR count). The van der Waals surface area contributed by atoms with Gasteiger partial charge in [0.1, 0.15) is 0 Å². The van der Waals surface area contributed by atoms with Crippen molar-refractivity contribution >= 4 is 17.5 Å². The minimum absolute atomic E-state index is 0.217. The minimum atomic E-state index is -0.638. The van der Waals surface area contributed by atoms with Crippen LogP contribution in [-0.2, 0) is 16.0 Å². The third-order valence-electron chi connectivity index (χ3n) is 3.00. The maximum absolute atomic E-state index is 11.7. The summed E-state index contributed by atoms with van der Waals surface area (Å²) in [5.74, 6) is -0.419. The number of amides is 2. The number of nitrogen functional groups attached to an aromatic ring is 1. The van der Waals surface area contributed by atoms with Crippen molar-refractivity contribution < 1.29 is 9.59 Å². The Labute approximate surface area is 119 Å². The molecule has 5 heteroatoms. The van der Waals surface area contributed by atoms with Crippen molar-refractivity contribution in [1.82, 2.24) is 5.32 Å². The molecule has 0 bridgehead atoms. The second-order valence-corrected chi connectivity index (χ2v) is 5.35. The van der Waals surface area contributed by atoms with Gasteiger partial charge in [-0.2, -0.15) is 0 Å². The molecule has 1 aromatic carbocycles. The summed E-state index contributed by atoms with van der Waals surface area (Å²) in [6.45, 7) is 3.96. The molecule has 5 nitrogen and oxygen atoms in total. The van der Waals surface area contributed by atoms with Crippen LogP contribution in [0, 0.1) is 5.92 Å². The number of nitrogens with one attached hydrogen (secondary N) is 1. The Hall–Kier alpha value is -1.88. The number of anilines is 1. The minimum Gasteiger partial charge on any atom is -0.399 e. The molecule has 20 heavy (non-hydrogen) atoms. The average molecular weight is 277 g/mol. The quantitative estimate of drug-likeness (QED) is 0.681. The van der Waals surface area contributed by atoms with Crippen molar-refractivity contribution in [2.45, 2.75) is 39.2 Å². The maximum atomic E-state index is 11.7. The highest BCUT2D eigenvalue weighted by molar-refractivity contribution is 5.97. The zero-order valence-electron chi connectivity index (χ0n) is 12.1. The van der Waals surface area contributed by atoms with E-state index in [0.717, 1.165) is 5.56 Å². The molecule has 0 aliphatic heterocycles. The summed E-state index contributed by atoms with van der Waals surface area (Å²) < 4.78 is 0. The Morgan fingerprint density at radius 2 is 1.90 bits per heavy atom. The molecule has 0 saturated carbocycles. The fourth-order valence-corrected chi connectivity index (χ4v) is 1.92. The Kier molecular flexibility index (Phi) is 6.18. The fraction of sp³-hybridized carbons (Fsp3) is 0.467. The van der Waals surface area contributed by atoms with Gasteiger partial charge in [0, 0.05) is 12.1 Å². The van der Waals surface area contributed by atoms with Gasteiger partial charge in [-0.25, -0.2) is 0 Å². The molecule has 110 valence electrons. The number of hydrogen-bond acceptors (Lipinski definition) is 4. The van der Waals surface area contributed by atoms with Crippen LogP contribution in [0.25, 0.3) is 0 Å². The third kappa shape index (κ3) is 5.40. The lowest BCUT2D eigenvalue weighted by molar-refractivity contribution is -0.131. The number of benzene rings is 1. The van der Waals surface area contributed by atoms with Crippen molar-refractivity contribution in [1.29, 1.82) is 0 Å². The summed E-state index contributed by atoms with van der Waals surface area (Å²) in [5.41, 5.74) is 13.1. The summed E-state index contributed by atoms with van der Waals surface area (Å²) >= 11 is 0. The van der Waals surface area contributed by atoms with E-state index in [1.54, 1.807) is 6.07 Å². The van der Waals surface area contributed by atoms with Gasteiger partial charge in [0.25, 0.3) is 0 Å². The highest BCUT2D eigenvalue weighted by atomic mass is 16.2. The summed E-state index contributed by atoms with van der Waals surface area (Å²) in [6.07, 6.45) is 1.28. The zero-order valence-corrected chi connectivity index (χ0v) is 12.1. The molecule has 0 unspecified atom stereocenters. The lowest BCUT2D eigenvalue weighted by Gasteiger charge is -2.13. The van der Waals surface area contributed by atoms with Crippen LogP contribution < -0.4 is 16.8 Å². The lowest BCUT2D eigenvalue weighted by atomic mass is 10.0. The number of aryl methyl sites for hydroxylation is 1. The van der Waals surface area contributed by atoms with Crippen LogP contribution in [0.4, 0.5) is 5.69 Å². The average Bonchev–Trinajstić information content (AvgIpc) is 2.37. The van der Waals surface area contributed by atoms with Crippen LogP contribution in [0.5, 0.6) is 0 Å². The van der Waals surface area contributed by atoms with Gasteiger partial charge in [-0.1, -0.05) is 32.0 Å². The first-order valence-electron chi connectivity index (χ1n) is 6.82. The number of carbonyl (C=O) groups is 2. The number of carbonyl (C=O) groups excluding carboxylic acids is 2. The molecule has 0 aromatic heterocycles. The molecular formula is C15H23N3O2. The number of imide groups is 1. The first-order valence-corrected chi connectivity index (χ1v) is 6.82. The second-order valence-electron chi connectivity index (χ2n) is 5.35. The van der Waals surface area contributed by atoms with Crippen LogP contribution >= 0.6 is 0 Å². The van der Waals surface area contributed by atoms with E-state index in [0.29, 0.717) is 24.4 Å². The number of nitrogens with two attached hydrogens (primary N) is 2. The van der Waals surface area contributed by atoms with Gasteiger partial charge in [-0.15, -0.1) is 0 Å². The molecular weight excluding hydrogens is 254 g/mol. The molecule has 0 heterocycles. The molecule has 0 radical (unpaired) electrons. The maximum Gasteiger partial charge on any atom is 0.243 e. The molecule has 0 saturated heterocycles. The molecule has 1 aromatic rings.